The molecule has 1 aromatic rings. The second-order valence-corrected chi connectivity index (χ2v) is 4.23. The number of nitrogens with zero attached hydrogens (tertiary/aromatic N) is 1. The average molecular weight is 248 g/mol. The first-order valence-electron chi connectivity index (χ1n) is 5.79. The van der Waals surface area contributed by atoms with Crippen LogP contribution in [0.3, 0.4) is 0 Å². The second kappa shape index (κ2) is 5.18. The van der Waals surface area contributed by atoms with E-state index in [4.69, 9.17) is 0 Å². The Bertz CT molecular complexity index is 485. The topological polar surface area (TPSA) is 58.6 Å². The van der Waals surface area contributed by atoms with Gasteiger partial charge in [0, 0.05) is 12.2 Å². The minimum atomic E-state index is -0.407. The van der Waals surface area contributed by atoms with Crippen molar-refractivity contribution in [1.29, 1.82) is 0 Å². The molecule has 1 aliphatic rings. The average Bonchev–Trinajstić information content (AvgIpc) is 2.65. The maximum Gasteiger partial charge on any atom is 0.325 e. The summed E-state index contributed by atoms with van der Waals surface area (Å²) in [4.78, 5) is 24.6. The maximum absolute atomic E-state index is 11.9. The largest absolute Gasteiger partial charge is 0.468 e. The molecule has 0 bridgehead atoms. The molecule has 0 saturated carbocycles. The molecule has 0 saturated heterocycles. The van der Waals surface area contributed by atoms with Gasteiger partial charge < -0.3 is 15.0 Å². The van der Waals surface area contributed by atoms with Gasteiger partial charge in [-0.15, -0.1) is 0 Å². The van der Waals surface area contributed by atoms with Gasteiger partial charge in [0.15, 0.2) is 0 Å². The molecule has 1 amide bonds. The molecule has 18 heavy (non-hydrogen) atoms. The summed E-state index contributed by atoms with van der Waals surface area (Å²) in [6.07, 6.45) is 0.351. The molecule has 96 valence electrons. The van der Waals surface area contributed by atoms with Gasteiger partial charge in [-0.2, -0.15) is 0 Å². The Morgan fingerprint density at radius 1 is 1.50 bits per heavy atom. The molecule has 0 radical (unpaired) electrons. The number of benzene rings is 1. The predicted octanol–water partition coefficient (Wildman–Crippen LogP) is 0.468. The standard InChI is InChI=1S/C13H16N2O3/c1-14-7-9-3-4-11-10(5-9)6-12(16)15(11)8-13(17)18-2/h3-5,14H,6-8H2,1-2H3. The molecule has 5 heteroatoms. The SMILES string of the molecule is CNCc1ccc2c(c1)CC(=O)N2CC(=O)OC. The van der Waals surface area contributed by atoms with E-state index in [0.717, 1.165) is 23.4 Å². The van der Waals surface area contributed by atoms with E-state index in [-0.39, 0.29) is 12.5 Å². The van der Waals surface area contributed by atoms with Crippen molar-refractivity contribution in [1.82, 2.24) is 5.32 Å². The lowest BCUT2D eigenvalue weighted by Gasteiger charge is -2.16. The summed E-state index contributed by atoms with van der Waals surface area (Å²) in [5.41, 5.74) is 2.91. The smallest absolute Gasteiger partial charge is 0.325 e. The summed E-state index contributed by atoms with van der Waals surface area (Å²) in [5.74, 6) is -0.465. The number of carbonyl (C=O) groups is 2. The fourth-order valence-corrected chi connectivity index (χ4v) is 2.12. The van der Waals surface area contributed by atoms with Crippen LogP contribution in [-0.2, 0) is 27.3 Å². The lowest BCUT2D eigenvalue weighted by atomic mass is 10.1. The number of esters is 1. The molecule has 1 aromatic carbocycles. The van der Waals surface area contributed by atoms with Crippen molar-refractivity contribution in [3.8, 4) is 0 Å². The van der Waals surface area contributed by atoms with Crippen LogP contribution in [-0.4, -0.2) is 32.6 Å². The summed E-state index contributed by atoms with van der Waals surface area (Å²) in [6, 6.07) is 5.84. The number of fused-ring (bicyclic) bond motifs is 1. The zero-order valence-electron chi connectivity index (χ0n) is 10.5. The van der Waals surface area contributed by atoms with E-state index in [1.54, 1.807) is 0 Å². The molecule has 0 spiro atoms. The first kappa shape index (κ1) is 12.6. The molecule has 0 aliphatic carbocycles. The number of anilines is 1. The monoisotopic (exact) mass is 248 g/mol. The fraction of sp³-hybridized carbons (Fsp3) is 0.385. The Morgan fingerprint density at radius 2 is 2.28 bits per heavy atom. The maximum atomic E-state index is 11.9. The Labute approximate surface area is 106 Å². The summed E-state index contributed by atoms with van der Waals surface area (Å²) < 4.78 is 4.59. The quantitative estimate of drug-likeness (QED) is 0.787. The van der Waals surface area contributed by atoms with Crippen LogP contribution in [0.1, 0.15) is 11.1 Å². The first-order valence-corrected chi connectivity index (χ1v) is 5.79. The van der Waals surface area contributed by atoms with Gasteiger partial charge >= 0.3 is 5.97 Å². The highest BCUT2D eigenvalue weighted by molar-refractivity contribution is 6.04. The molecule has 1 aliphatic heterocycles. The molecule has 0 unspecified atom stereocenters. The van der Waals surface area contributed by atoms with Crippen molar-refractivity contribution in [3.63, 3.8) is 0 Å². The van der Waals surface area contributed by atoms with E-state index in [0.29, 0.717) is 6.42 Å². The van der Waals surface area contributed by atoms with Gasteiger partial charge in [-0.1, -0.05) is 12.1 Å². The van der Waals surface area contributed by atoms with Crippen molar-refractivity contribution in [2.75, 3.05) is 25.6 Å². The number of ether oxygens (including phenoxy) is 1. The van der Waals surface area contributed by atoms with Crippen LogP contribution in [0, 0.1) is 0 Å². The van der Waals surface area contributed by atoms with Crippen molar-refractivity contribution < 1.29 is 14.3 Å². The van der Waals surface area contributed by atoms with E-state index in [1.165, 1.54) is 12.0 Å². The Hall–Kier alpha value is -1.88. The number of rotatable bonds is 4. The normalized spacial score (nSPS) is 13.7. The third-order valence-corrected chi connectivity index (χ3v) is 2.97. The van der Waals surface area contributed by atoms with Gasteiger partial charge in [-0.05, 0) is 24.2 Å². The molecule has 5 nitrogen and oxygen atoms in total. The molecule has 2 rings (SSSR count). The van der Waals surface area contributed by atoms with Crippen LogP contribution in [0.15, 0.2) is 18.2 Å². The second-order valence-electron chi connectivity index (χ2n) is 4.23. The summed E-state index contributed by atoms with van der Waals surface area (Å²) >= 11 is 0. The third kappa shape index (κ3) is 2.36. The zero-order chi connectivity index (χ0) is 13.1. The van der Waals surface area contributed by atoms with Crippen LogP contribution in [0.4, 0.5) is 5.69 Å². The molecular weight excluding hydrogens is 232 g/mol. The van der Waals surface area contributed by atoms with Crippen molar-refractivity contribution in [3.05, 3.63) is 29.3 Å². The first-order chi connectivity index (χ1) is 8.65. The molecule has 0 atom stereocenters. The van der Waals surface area contributed by atoms with Crippen molar-refractivity contribution in [2.45, 2.75) is 13.0 Å². The van der Waals surface area contributed by atoms with E-state index >= 15 is 0 Å². The predicted molar refractivity (Wildman–Crippen MR) is 67.3 cm³/mol. The van der Waals surface area contributed by atoms with E-state index in [9.17, 15) is 9.59 Å². The summed E-state index contributed by atoms with van der Waals surface area (Å²) in [6.45, 7) is 0.742. The van der Waals surface area contributed by atoms with E-state index in [2.05, 4.69) is 10.1 Å². The Balaban J connectivity index is 2.23. The number of nitrogens with one attached hydrogen (secondary N) is 1. The fourth-order valence-electron chi connectivity index (χ4n) is 2.12. The van der Waals surface area contributed by atoms with Crippen LogP contribution in [0.5, 0.6) is 0 Å². The molecule has 0 aromatic heterocycles. The number of amides is 1. The number of carbonyl (C=O) groups excluding carboxylic acids is 2. The van der Waals surface area contributed by atoms with E-state index < -0.39 is 5.97 Å². The number of methoxy groups -OCH3 is 1. The van der Waals surface area contributed by atoms with Gasteiger partial charge in [0.1, 0.15) is 6.54 Å². The summed E-state index contributed by atoms with van der Waals surface area (Å²) in [5, 5.41) is 3.07. The van der Waals surface area contributed by atoms with Crippen molar-refractivity contribution >= 4 is 17.6 Å². The van der Waals surface area contributed by atoms with Crippen LogP contribution in [0.2, 0.25) is 0 Å². The molecule has 0 fully saturated rings. The number of hydrogen-bond donors (Lipinski definition) is 1. The van der Waals surface area contributed by atoms with Gasteiger partial charge in [0.05, 0.1) is 13.5 Å². The van der Waals surface area contributed by atoms with Gasteiger partial charge in [-0.3, -0.25) is 9.59 Å². The highest BCUT2D eigenvalue weighted by Gasteiger charge is 2.29. The highest BCUT2D eigenvalue weighted by atomic mass is 16.5. The lowest BCUT2D eigenvalue weighted by molar-refractivity contribution is -0.139. The molecular formula is C13H16N2O3. The Kier molecular flexibility index (Phi) is 3.62. The highest BCUT2D eigenvalue weighted by Crippen LogP contribution is 2.29. The lowest BCUT2D eigenvalue weighted by Crippen LogP contribution is -2.33. The van der Waals surface area contributed by atoms with Gasteiger partial charge in [-0.25, -0.2) is 0 Å². The number of hydrogen-bond acceptors (Lipinski definition) is 4. The minimum absolute atomic E-state index is 0.0201. The zero-order valence-corrected chi connectivity index (χ0v) is 10.5. The Morgan fingerprint density at radius 3 is 2.94 bits per heavy atom. The van der Waals surface area contributed by atoms with E-state index in [1.807, 2.05) is 25.2 Å². The van der Waals surface area contributed by atoms with Crippen LogP contribution >= 0.6 is 0 Å². The van der Waals surface area contributed by atoms with Crippen LogP contribution in [0.25, 0.3) is 0 Å². The van der Waals surface area contributed by atoms with Crippen LogP contribution < -0.4 is 10.2 Å². The summed E-state index contributed by atoms with van der Waals surface area (Å²) in [7, 11) is 3.20. The third-order valence-electron chi connectivity index (χ3n) is 2.97. The van der Waals surface area contributed by atoms with Gasteiger partial charge in [0.25, 0.3) is 0 Å². The minimum Gasteiger partial charge on any atom is -0.468 e. The van der Waals surface area contributed by atoms with Gasteiger partial charge in [0.2, 0.25) is 5.91 Å². The molecule has 1 heterocycles. The molecule has 1 N–H and O–H groups in total. The van der Waals surface area contributed by atoms with Crippen molar-refractivity contribution in [2.24, 2.45) is 0 Å².